The number of rotatable bonds is 4. The van der Waals surface area contributed by atoms with Gasteiger partial charge in [0.15, 0.2) is 11.5 Å². The highest BCUT2D eigenvalue weighted by Gasteiger charge is 2.33. The third kappa shape index (κ3) is 2.60. The van der Waals surface area contributed by atoms with E-state index in [-0.39, 0.29) is 11.5 Å². The molecule has 9 heteroatoms. The SMILES string of the molecule is O=C1C(=NN=Cc2ccc([N+](=O)[O-])o2)c2ccccc2N1CO. The van der Waals surface area contributed by atoms with E-state index in [0.717, 1.165) is 6.21 Å². The minimum Gasteiger partial charge on any atom is -0.400 e. The zero-order valence-electron chi connectivity index (χ0n) is 11.6. The van der Waals surface area contributed by atoms with Gasteiger partial charge in [0, 0.05) is 5.56 Å². The van der Waals surface area contributed by atoms with Crippen LogP contribution in [0.1, 0.15) is 11.3 Å². The van der Waals surface area contributed by atoms with Crippen molar-refractivity contribution in [2.75, 3.05) is 11.6 Å². The van der Waals surface area contributed by atoms with Gasteiger partial charge in [-0.1, -0.05) is 18.2 Å². The lowest BCUT2D eigenvalue weighted by Crippen LogP contribution is -2.30. The fourth-order valence-corrected chi connectivity index (χ4v) is 2.15. The van der Waals surface area contributed by atoms with E-state index in [1.165, 1.54) is 17.0 Å². The molecule has 2 aromatic rings. The average Bonchev–Trinajstić information content (AvgIpc) is 3.11. The number of aliphatic hydroxyl groups excluding tert-OH is 1. The third-order valence-corrected chi connectivity index (χ3v) is 3.17. The number of carbonyl (C=O) groups excluding carboxylic acids is 1. The summed E-state index contributed by atoms with van der Waals surface area (Å²) in [5.74, 6) is -0.747. The summed E-state index contributed by atoms with van der Waals surface area (Å²) in [7, 11) is 0. The molecule has 0 radical (unpaired) electrons. The number of hydrogen-bond donors (Lipinski definition) is 1. The summed E-state index contributed by atoms with van der Waals surface area (Å²) < 4.78 is 4.90. The van der Waals surface area contributed by atoms with Crippen molar-refractivity contribution in [1.29, 1.82) is 0 Å². The van der Waals surface area contributed by atoms with Gasteiger partial charge in [0.2, 0.25) is 0 Å². The molecule has 1 aliphatic rings. The van der Waals surface area contributed by atoms with Gasteiger partial charge < -0.3 is 9.52 Å². The first-order valence-corrected chi connectivity index (χ1v) is 6.49. The molecule has 1 aromatic heterocycles. The van der Waals surface area contributed by atoms with Gasteiger partial charge in [-0.2, -0.15) is 5.10 Å². The molecule has 1 aromatic carbocycles. The molecule has 0 fully saturated rings. The first kappa shape index (κ1) is 14.6. The highest BCUT2D eigenvalue weighted by molar-refractivity contribution is 6.54. The second kappa shape index (κ2) is 5.81. The topological polar surface area (TPSA) is 122 Å². The number of para-hydroxylation sites is 1. The summed E-state index contributed by atoms with van der Waals surface area (Å²) in [5.41, 5.74) is 1.17. The van der Waals surface area contributed by atoms with Crippen molar-refractivity contribution in [3.05, 3.63) is 57.8 Å². The van der Waals surface area contributed by atoms with E-state index in [4.69, 9.17) is 4.42 Å². The molecule has 0 spiro atoms. The number of aliphatic hydroxyl groups is 1. The van der Waals surface area contributed by atoms with Gasteiger partial charge in [-0.3, -0.25) is 19.8 Å². The Labute approximate surface area is 129 Å². The summed E-state index contributed by atoms with van der Waals surface area (Å²) in [6.07, 6.45) is 1.16. The number of amides is 1. The first-order valence-electron chi connectivity index (χ1n) is 6.49. The minimum absolute atomic E-state index is 0.0759. The molecular formula is C14H10N4O5. The average molecular weight is 314 g/mol. The predicted octanol–water partition coefficient (Wildman–Crippen LogP) is 1.31. The van der Waals surface area contributed by atoms with Crippen molar-refractivity contribution in [3.63, 3.8) is 0 Å². The lowest BCUT2D eigenvalue weighted by atomic mass is 10.1. The van der Waals surface area contributed by atoms with Crippen LogP contribution >= 0.6 is 0 Å². The van der Waals surface area contributed by atoms with E-state index < -0.39 is 23.4 Å². The largest absolute Gasteiger partial charge is 0.433 e. The van der Waals surface area contributed by atoms with E-state index in [2.05, 4.69) is 10.2 Å². The molecule has 0 unspecified atom stereocenters. The first-order chi connectivity index (χ1) is 11.1. The highest BCUT2D eigenvalue weighted by atomic mass is 16.6. The van der Waals surface area contributed by atoms with Gasteiger partial charge in [0.25, 0.3) is 5.91 Å². The van der Waals surface area contributed by atoms with Gasteiger partial charge in [0.1, 0.15) is 11.7 Å². The van der Waals surface area contributed by atoms with Crippen LogP contribution in [0.5, 0.6) is 0 Å². The Morgan fingerprint density at radius 1 is 1.30 bits per heavy atom. The number of hydrogen-bond acceptors (Lipinski definition) is 7. The smallest absolute Gasteiger partial charge is 0.400 e. The van der Waals surface area contributed by atoms with Crippen LogP contribution < -0.4 is 4.90 Å². The molecule has 1 N–H and O–H groups in total. The minimum atomic E-state index is -0.668. The molecule has 1 aliphatic heterocycles. The van der Waals surface area contributed by atoms with Crippen LogP contribution in [0.15, 0.2) is 51.0 Å². The maximum Gasteiger partial charge on any atom is 0.433 e. The van der Waals surface area contributed by atoms with Crippen molar-refractivity contribution in [2.24, 2.45) is 10.2 Å². The molecule has 0 atom stereocenters. The van der Waals surface area contributed by atoms with E-state index in [9.17, 15) is 20.0 Å². The summed E-state index contributed by atoms with van der Waals surface area (Å²) >= 11 is 0. The molecule has 9 nitrogen and oxygen atoms in total. The number of nitrogens with zero attached hydrogens (tertiary/aromatic N) is 4. The maximum atomic E-state index is 12.2. The molecule has 0 saturated carbocycles. The number of anilines is 1. The molecule has 3 rings (SSSR count). The van der Waals surface area contributed by atoms with Gasteiger partial charge >= 0.3 is 5.88 Å². The Bertz CT molecular complexity index is 839. The van der Waals surface area contributed by atoms with Crippen molar-refractivity contribution in [3.8, 4) is 0 Å². The molecule has 0 aliphatic carbocycles. The summed E-state index contributed by atoms with van der Waals surface area (Å²) in [4.78, 5) is 23.2. The zero-order valence-corrected chi connectivity index (χ0v) is 11.6. The van der Waals surface area contributed by atoms with Crippen LogP contribution in [0.3, 0.4) is 0 Å². The Morgan fingerprint density at radius 2 is 2.09 bits per heavy atom. The number of benzene rings is 1. The monoisotopic (exact) mass is 314 g/mol. The molecule has 1 amide bonds. The van der Waals surface area contributed by atoms with Crippen molar-refractivity contribution in [1.82, 2.24) is 0 Å². The Kier molecular flexibility index (Phi) is 3.69. The van der Waals surface area contributed by atoms with Gasteiger partial charge in [-0.05, 0) is 12.1 Å². The van der Waals surface area contributed by atoms with Crippen molar-refractivity contribution in [2.45, 2.75) is 0 Å². The van der Waals surface area contributed by atoms with E-state index in [1.807, 2.05) is 0 Å². The van der Waals surface area contributed by atoms with E-state index in [0.29, 0.717) is 11.3 Å². The Morgan fingerprint density at radius 3 is 2.78 bits per heavy atom. The van der Waals surface area contributed by atoms with E-state index in [1.54, 1.807) is 24.3 Å². The molecule has 0 bridgehead atoms. The fraction of sp³-hybridized carbons (Fsp3) is 0.0714. The Balaban J connectivity index is 1.88. The van der Waals surface area contributed by atoms with Crippen LogP contribution in [0, 0.1) is 10.1 Å². The molecule has 0 saturated heterocycles. The third-order valence-electron chi connectivity index (χ3n) is 3.17. The summed E-state index contributed by atoms with van der Waals surface area (Å²) in [5, 5.41) is 27.4. The molecular weight excluding hydrogens is 304 g/mol. The second-order valence-corrected chi connectivity index (χ2v) is 4.52. The predicted molar refractivity (Wildman–Crippen MR) is 80.5 cm³/mol. The fourth-order valence-electron chi connectivity index (χ4n) is 2.15. The number of nitro groups is 1. The van der Waals surface area contributed by atoms with Crippen LogP contribution in [-0.4, -0.2) is 34.6 Å². The number of carbonyl (C=O) groups is 1. The van der Waals surface area contributed by atoms with Crippen LogP contribution in [0.4, 0.5) is 11.6 Å². The quantitative estimate of drug-likeness (QED) is 0.518. The lowest BCUT2D eigenvalue weighted by molar-refractivity contribution is -0.402. The second-order valence-electron chi connectivity index (χ2n) is 4.52. The van der Waals surface area contributed by atoms with Crippen molar-refractivity contribution < 1.29 is 19.2 Å². The van der Waals surface area contributed by atoms with E-state index >= 15 is 0 Å². The lowest BCUT2D eigenvalue weighted by Gasteiger charge is -2.11. The normalized spacial score (nSPS) is 15.6. The molecule has 116 valence electrons. The number of fused-ring (bicyclic) bond motifs is 1. The van der Waals surface area contributed by atoms with Crippen LogP contribution in [0.2, 0.25) is 0 Å². The van der Waals surface area contributed by atoms with Gasteiger partial charge in [0.05, 0.1) is 18.0 Å². The molecule has 23 heavy (non-hydrogen) atoms. The van der Waals surface area contributed by atoms with Crippen LogP contribution in [0.25, 0.3) is 0 Å². The van der Waals surface area contributed by atoms with Gasteiger partial charge in [-0.25, -0.2) is 0 Å². The standard InChI is InChI=1S/C14H10N4O5/c19-8-17-11-4-2-1-3-10(11)13(14(17)20)16-15-7-9-5-6-12(23-9)18(21)22/h1-7,19H,8H2. The zero-order chi connectivity index (χ0) is 16.4. The number of furan rings is 1. The van der Waals surface area contributed by atoms with Gasteiger partial charge in [-0.15, -0.1) is 5.10 Å². The molecule has 2 heterocycles. The summed E-state index contributed by atoms with van der Waals surface area (Å²) in [6.45, 7) is -0.469. The highest BCUT2D eigenvalue weighted by Crippen LogP contribution is 2.28. The maximum absolute atomic E-state index is 12.2. The summed E-state index contributed by atoms with van der Waals surface area (Å²) in [6, 6.07) is 9.41. The Hall–Kier alpha value is -3.33. The van der Waals surface area contributed by atoms with Crippen LogP contribution in [-0.2, 0) is 4.79 Å². The van der Waals surface area contributed by atoms with Crippen molar-refractivity contribution >= 4 is 29.4 Å².